The average molecular weight is 308 g/mol. The number of aryl methyl sites for hydroxylation is 1. The molecule has 0 unspecified atom stereocenters. The second kappa shape index (κ2) is 6.66. The van der Waals surface area contributed by atoms with Crippen LogP contribution in [0.1, 0.15) is 36.6 Å². The number of hydrogen-bond donors (Lipinski definition) is 0. The lowest BCUT2D eigenvalue weighted by molar-refractivity contribution is 0.695. The van der Waals surface area contributed by atoms with Gasteiger partial charge in [-0.05, 0) is 30.9 Å². The van der Waals surface area contributed by atoms with E-state index >= 15 is 0 Å². The largest absolute Gasteiger partial charge is 0.342 e. The Morgan fingerprint density at radius 1 is 1.26 bits per heavy atom. The number of hydrogen-bond acceptors (Lipinski definition) is 4. The molecule has 1 aliphatic heterocycles. The lowest BCUT2D eigenvalue weighted by Gasteiger charge is -2.22. The molecule has 0 aliphatic carbocycles. The highest BCUT2D eigenvalue weighted by Crippen LogP contribution is 2.19. The van der Waals surface area contributed by atoms with E-state index in [1.165, 1.54) is 0 Å². The predicted octanol–water partition coefficient (Wildman–Crippen LogP) is 2.33. The second-order valence-electron chi connectivity index (χ2n) is 5.79. The van der Waals surface area contributed by atoms with E-state index in [0.29, 0.717) is 12.1 Å². The first-order chi connectivity index (χ1) is 11.2. The van der Waals surface area contributed by atoms with Crippen LogP contribution in [0.4, 0.5) is 5.95 Å². The number of anilines is 1. The highest BCUT2D eigenvalue weighted by Gasteiger charge is 2.19. The van der Waals surface area contributed by atoms with E-state index in [2.05, 4.69) is 11.0 Å². The van der Waals surface area contributed by atoms with Crippen molar-refractivity contribution in [2.75, 3.05) is 18.0 Å². The fraction of sp³-hybridized carbons (Fsp3) is 0.389. The maximum Gasteiger partial charge on any atom is 0.255 e. The highest BCUT2D eigenvalue weighted by atomic mass is 16.1. The van der Waals surface area contributed by atoms with Crippen molar-refractivity contribution in [2.24, 2.45) is 0 Å². The zero-order chi connectivity index (χ0) is 16.2. The molecule has 3 rings (SSSR count). The van der Waals surface area contributed by atoms with Crippen molar-refractivity contribution in [2.45, 2.75) is 32.7 Å². The van der Waals surface area contributed by atoms with Crippen LogP contribution in [-0.4, -0.2) is 22.6 Å². The monoisotopic (exact) mass is 308 g/mol. The number of nitriles is 1. The Balaban J connectivity index is 2.07. The Hall–Kier alpha value is -2.61. The van der Waals surface area contributed by atoms with E-state index in [4.69, 9.17) is 4.98 Å². The van der Waals surface area contributed by atoms with Crippen LogP contribution in [0.5, 0.6) is 0 Å². The number of aromatic nitrogens is 2. The number of benzene rings is 1. The van der Waals surface area contributed by atoms with Crippen molar-refractivity contribution in [1.29, 1.82) is 5.26 Å². The molecule has 5 nitrogen and oxygen atoms in total. The predicted molar refractivity (Wildman–Crippen MR) is 89.6 cm³/mol. The fourth-order valence-corrected chi connectivity index (χ4v) is 2.97. The lowest BCUT2D eigenvalue weighted by Crippen LogP contribution is -2.32. The van der Waals surface area contributed by atoms with Gasteiger partial charge in [0.15, 0.2) is 0 Å². The molecule has 1 fully saturated rings. The van der Waals surface area contributed by atoms with Crippen molar-refractivity contribution in [3.05, 3.63) is 57.5 Å². The topological polar surface area (TPSA) is 61.9 Å². The van der Waals surface area contributed by atoms with Gasteiger partial charge in [-0.15, -0.1) is 0 Å². The zero-order valence-corrected chi connectivity index (χ0v) is 13.3. The van der Waals surface area contributed by atoms with Crippen LogP contribution in [-0.2, 0) is 13.0 Å². The zero-order valence-electron chi connectivity index (χ0n) is 13.3. The summed E-state index contributed by atoms with van der Waals surface area (Å²) in [4.78, 5) is 19.5. The van der Waals surface area contributed by atoms with Crippen LogP contribution < -0.4 is 10.5 Å². The van der Waals surface area contributed by atoms with E-state index < -0.39 is 0 Å². The van der Waals surface area contributed by atoms with Gasteiger partial charge in [0.1, 0.15) is 0 Å². The fourth-order valence-electron chi connectivity index (χ4n) is 2.97. The maximum atomic E-state index is 12.6. The SMILES string of the molecule is CCc1cc(=O)n(Cc2ccccc2C#N)c(N2CCCC2)n1. The molecule has 0 saturated carbocycles. The van der Waals surface area contributed by atoms with Gasteiger partial charge >= 0.3 is 0 Å². The molecule has 1 saturated heterocycles. The molecule has 5 heteroatoms. The van der Waals surface area contributed by atoms with Gasteiger partial charge in [-0.25, -0.2) is 4.98 Å². The third-order valence-electron chi connectivity index (χ3n) is 4.26. The molecule has 0 N–H and O–H groups in total. The molecule has 118 valence electrons. The lowest BCUT2D eigenvalue weighted by atomic mass is 10.1. The van der Waals surface area contributed by atoms with Crippen molar-refractivity contribution in [3.8, 4) is 6.07 Å². The van der Waals surface area contributed by atoms with Crippen LogP contribution in [0.3, 0.4) is 0 Å². The molecule has 0 atom stereocenters. The molecule has 0 spiro atoms. The minimum Gasteiger partial charge on any atom is -0.342 e. The third kappa shape index (κ3) is 3.11. The molecule has 0 bridgehead atoms. The molecule has 1 aliphatic rings. The number of rotatable bonds is 4. The normalized spacial score (nSPS) is 14.0. The van der Waals surface area contributed by atoms with Gasteiger partial charge in [0.2, 0.25) is 5.95 Å². The average Bonchev–Trinajstić information content (AvgIpc) is 3.11. The van der Waals surface area contributed by atoms with Gasteiger partial charge in [-0.1, -0.05) is 25.1 Å². The Morgan fingerprint density at radius 2 is 2.00 bits per heavy atom. The van der Waals surface area contributed by atoms with Crippen LogP contribution in [0.25, 0.3) is 0 Å². The van der Waals surface area contributed by atoms with Crippen LogP contribution in [0.15, 0.2) is 35.1 Å². The van der Waals surface area contributed by atoms with Crippen LogP contribution in [0, 0.1) is 11.3 Å². The van der Waals surface area contributed by atoms with Gasteiger partial charge in [-0.2, -0.15) is 5.26 Å². The molecule has 2 heterocycles. The minimum atomic E-state index is -0.0495. The van der Waals surface area contributed by atoms with E-state index in [9.17, 15) is 10.1 Å². The Labute approximate surface area is 135 Å². The van der Waals surface area contributed by atoms with Crippen molar-refractivity contribution in [1.82, 2.24) is 9.55 Å². The molecule has 0 amide bonds. The van der Waals surface area contributed by atoms with E-state index in [-0.39, 0.29) is 5.56 Å². The van der Waals surface area contributed by atoms with Gasteiger partial charge in [0, 0.05) is 24.8 Å². The Morgan fingerprint density at radius 3 is 2.70 bits per heavy atom. The molecule has 2 aromatic rings. The van der Waals surface area contributed by atoms with Crippen LogP contribution >= 0.6 is 0 Å². The molecular weight excluding hydrogens is 288 g/mol. The summed E-state index contributed by atoms with van der Waals surface area (Å²) in [6.45, 7) is 4.25. The summed E-state index contributed by atoms with van der Waals surface area (Å²) in [7, 11) is 0. The van der Waals surface area contributed by atoms with Crippen molar-refractivity contribution < 1.29 is 0 Å². The molecule has 1 aromatic carbocycles. The summed E-state index contributed by atoms with van der Waals surface area (Å²) < 4.78 is 1.70. The molecular formula is C18H20N4O. The minimum absolute atomic E-state index is 0.0495. The summed E-state index contributed by atoms with van der Waals surface area (Å²) in [5.41, 5.74) is 2.23. The third-order valence-corrected chi connectivity index (χ3v) is 4.26. The Bertz CT molecular complexity index is 797. The smallest absolute Gasteiger partial charge is 0.255 e. The quantitative estimate of drug-likeness (QED) is 0.869. The van der Waals surface area contributed by atoms with Crippen LogP contribution in [0.2, 0.25) is 0 Å². The standard InChI is InChI=1S/C18H20N4O/c1-2-16-11-17(23)22(18(20-16)21-9-5-6-10-21)13-15-8-4-3-7-14(15)12-19/h3-4,7-8,11H,2,5-6,9-10,13H2,1H3. The molecule has 1 aromatic heterocycles. The van der Waals surface area contributed by atoms with E-state index in [0.717, 1.165) is 49.6 Å². The summed E-state index contributed by atoms with van der Waals surface area (Å²) in [5.74, 6) is 0.736. The van der Waals surface area contributed by atoms with Gasteiger partial charge < -0.3 is 4.90 Å². The molecule has 0 radical (unpaired) electrons. The first-order valence-corrected chi connectivity index (χ1v) is 8.06. The first-order valence-electron chi connectivity index (χ1n) is 8.06. The second-order valence-corrected chi connectivity index (χ2v) is 5.79. The van der Waals surface area contributed by atoms with Crippen molar-refractivity contribution >= 4 is 5.95 Å². The van der Waals surface area contributed by atoms with Crippen molar-refractivity contribution in [3.63, 3.8) is 0 Å². The summed E-state index contributed by atoms with van der Waals surface area (Å²) in [5, 5.41) is 9.27. The summed E-state index contributed by atoms with van der Waals surface area (Å²) in [6.07, 6.45) is 2.99. The highest BCUT2D eigenvalue weighted by molar-refractivity contribution is 5.40. The van der Waals surface area contributed by atoms with Gasteiger partial charge in [-0.3, -0.25) is 9.36 Å². The van der Waals surface area contributed by atoms with E-state index in [1.54, 1.807) is 16.7 Å². The first kappa shape index (κ1) is 15.3. The maximum absolute atomic E-state index is 12.6. The summed E-state index contributed by atoms with van der Waals surface area (Å²) in [6, 6.07) is 11.2. The van der Waals surface area contributed by atoms with Gasteiger partial charge in [0.25, 0.3) is 5.56 Å². The Kier molecular flexibility index (Phi) is 4.42. The number of nitrogens with zero attached hydrogens (tertiary/aromatic N) is 4. The summed E-state index contributed by atoms with van der Waals surface area (Å²) >= 11 is 0. The molecule has 23 heavy (non-hydrogen) atoms. The van der Waals surface area contributed by atoms with Gasteiger partial charge in [0.05, 0.1) is 18.2 Å². The van der Waals surface area contributed by atoms with E-state index in [1.807, 2.05) is 25.1 Å².